The number of fused-ring (bicyclic) bond motifs is 1. The molecule has 0 aliphatic heterocycles. The van der Waals surface area contributed by atoms with Crippen LogP contribution in [0.5, 0.6) is 0 Å². The number of nitrogens with zero attached hydrogens (tertiary/aromatic N) is 4. The van der Waals surface area contributed by atoms with Crippen molar-refractivity contribution in [3.05, 3.63) is 58.7 Å². The fraction of sp³-hybridized carbons (Fsp3) is 0.176. The molecule has 4 heterocycles. The van der Waals surface area contributed by atoms with Crippen molar-refractivity contribution in [2.75, 3.05) is 0 Å². The van der Waals surface area contributed by atoms with E-state index in [-0.39, 0.29) is 12.5 Å². The largest absolute Gasteiger partial charge is 0.459 e. The zero-order valence-electron chi connectivity index (χ0n) is 13.7. The van der Waals surface area contributed by atoms with Gasteiger partial charge in [0.25, 0.3) is 5.91 Å². The van der Waals surface area contributed by atoms with E-state index in [0.29, 0.717) is 27.2 Å². The average molecular weight is 353 g/mol. The number of hydrogen-bond donors (Lipinski definition) is 1. The monoisotopic (exact) mass is 353 g/mol. The molecule has 25 heavy (non-hydrogen) atoms. The van der Waals surface area contributed by atoms with Gasteiger partial charge in [0.2, 0.25) is 0 Å². The van der Waals surface area contributed by atoms with Crippen molar-refractivity contribution in [3.8, 4) is 10.8 Å². The lowest BCUT2D eigenvalue weighted by Gasteiger charge is -2.02. The zero-order chi connectivity index (χ0) is 17.4. The van der Waals surface area contributed by atoms with Crippen LogP contribution in [0, 0.1) is 13.8 Å². The predicted molar refractivity (Wildman–Crippen MR) is 93.4 cm³/mol. The maximum Gasteiger partial charge on any atom is 0.263 e. The first kappa shape index (κ1) is 15.5. The summed E-state index contributed by atoms with van der Waals surface area (Å²) in [4.78, 5) is 17.5. The molecular formula is C17H15N5O2S. The Kier molecular flexibility index (Phi) is 3.81. The number of furan rings is 1. The molecule has 1 N–H and O–H groups in total. The van der Waals surface area contributed by atoms with E-state index < -0.39 is 0 Å². The molecule has 126 valence electrons. The Morgan fingerprint density at radius 3 is 2.92 bits per heavy atom. The molecule has 0 aliphatic rings. The summed E-state index contributed by atoms with van der Waals surface area (Å²) in [7, 11) is 0. The Morgan fingerprint density at radius 1 is 1.24 bits per heavy atom. The molecule has 4 aromatic rings. The highest BCUT2D eigenvalue weighted by Crippen LogP contribution is 2.29. The molecule has 0 saturated carbocycles. The van der Waals surface area contributed by atoms with E-state index in [1.807, 2.05) is 54.8 Å². The first-order chi connectivity index (χ1) is 12.1. The highest BCUT2D eigenvalue weighted by atomic mass is 32.1. The van der Waals surface area contributed by atoms with Crippen molar-refractivity contribution >= 4 is 22.9 Å². The molecular weight excluding hydrogens is 338 g/mol. The number of nitrogens with one attached hydrogen (secondary N) is 1. The molecule has 8 heteroatoms. The molecule has 0 aliphatic carbocycles. The van der Waals surface area contributed by atoms with Crippen LogP contribution in [0.1, 0.15) is 27.0 Å². The van der Waals surface area contributed by atoms with E-state index >= 15 is 0 Å². The van der Waals surface area contributed by atoms with Crippen molar-refractivity contribution in [2.24, 2.45) is 0 Å². The van der Waals surface area contributed by atoms with Gasteiger partial charge in [-0.1, -0.05) is 6.07 Å². The molecule has 1 amide bonds. The number of pyridine rings is 1. The summed E-state index contributed by atoms with van der Waals surface area (Å²) in [6, 6.07) is 9.39. The first-order valence-electron chi connectivity index (χ1n) is 7.73. The summed E-state index contributed by atoms with van der Waals surface area (Å²) in [5.74, 6) is 1.98. The van der Waals surface area contributed by atoms with Crippen LogP contribution in [0.25, 0.3) is 16.4 Å². The van der Waals surface area contributed by atoms with Crippen LogP contribution < -0.4 is 5.32 Å². The summed E-state index contributed by atoms with van der Waals surface area (Å²) in [5.41, 5.74) is 1.42. The van der Waals surface area contributed by atoms with E-state index in [9.17, 15) is 4.79 Å². The molecule has 4 aromatic heterocycles. The standard InChI is InChI=1S/C17H15N5O2S/c1-10-6-7-12(24-10)17-19-11(2)15(25-17)16(23)18-9-14-21-20-13-5-3-4-8-22(13)14/h3-8H,9H2,1-2H3,(H,18,23). The van der Waals surface area contributed by atoms with Crippen LogP contribution in [-0.2, 0) is 6.54 Å². The fourth-order valence-corrected chi connectivity index (χ4v) is 3.46. The molecule has 0 radical (unpaired) electrons. The quantitative estimate of drug-likeness (QED) is 0.609. The molecule has 0 fully saturated rings. The maximum absolute atomic E-state index is 12.5. The number of hydrogen-bond acceptors (Lipinski definition) is 6. The third kappa shape index (κ3) is 2.91. The first-order valence-corrected chi connectivity index (χ1v) is 8.54. The number of aryl methyl sites for hydroxylation is 2. The van der Waals surface area contributed by atoms with Crippen LogP contribution in [0.3, 0.4) is 0 Å². The second-order valence-corrected chi connectivity index (χ2v) is 6.57. The van der Waals surface area contributed by atoms with Gasteiger partial charge in [-0.3, -0.25) is 9.20 Å². The summed E-state index contributed by atoms with van der Waals surface area (Å²) >= 11 is 1.32. The second-order valence-electron chi connectivity index (χ2n) is 5.57. The number of rotatable bonds is 4. The van der Waals surface area contributed by atoms with Crippen LogP contribution in [0.2, 0.25) is 0 Å². The van der Waals surface area contributed by atoms with E-state index in [1.165, 1.54) is 11.3 Å². The Balaban J connectivity index is 1.52. The molecule has 0 spiro atoms. The Labute approximate surface area is 147 Å². The van der Waals surface area contributed by atoms with Gasteiger partial charge in [-0.25, -0.2) is 4.98 Å². The van der Waals surface area contributed by atoms with Gasteiger partial charge in [0.05, 0.1) is 12.2 Å². The minimum atomic E-state index is -0.183. The number of thiazole rings is 1. The topological polar surface area (TPSA) is 85.3 Å². The van der Waals surface area contributed by atoms with E-state index in [4.69, 9.17) is 4.42 Å². The average Bonchev–Trinajstić information content (AvgIpc) is 3.31. The Hall–Kier alpha value is -3.00. The number of amides is 1. The van der Waals surface area contributed by atoms with E-state index in [0.717, 1.165) is 11.4 Å². The summed E-state index contributed by atoms with van der Waals surface area (Å²) < 4.78 is 7.42. The SMILES string of the molecule is Cc1ccc(-c2nc(C)c(C(=O)NCc3nnc4ccccn34)s2)o1. The van der Waals surface area contributed by atoms with Gasteiger partial charge in [-0.05, 0) is 38.1 Å². The van der Waals surface area contributed by atoms with Crippen molar-refractivity contribution in [3.63, 3.8) is 0 Å². The van der Waals surface area contributed by atoms with Crippen LogP contribution in [0.15, 0.2) is 40.9 Å². The van der Waals surface area contributed by atoms with Gasteiger partial charge >= 0.3 is 0 Å². The smallest absolute Gasteiger partial charge is 0.263 e. The fourth-order valence-electron chi connectivity index (χ4n) is 2.51. The molecule has 0 atom stereocenters. The van der Waals surface area contributed by atoms with Crippen molar-refractivity contribution < 1.29 is 9.21 Å². The minimum Gasteiger partial charge on any atom is -0.459 e. The van der Waals surface area contributed by atoms with Crippen molar-refractivity contribution in [1.82, 2.24) is 24.9 Å². The molecule has 7 nitrogen and oxygen atoms in total. The summed E-state index contributed by atoms with van der Waals surface area (Å²) in [5, 5.41) is 11.8. The number of aromatic nitrogens is 4. The molecule has 0 bridgehead atoms. The molecule has 0 unspecified atom stereocenters. The van der Waals surface area contributed by atoms with Crippen LogP contribution in [0.4, 0.5) is 0 Å². The number of carbonyl (C=O) groups excluding carboxylic acids is 1. The van der Waals surface area contributed by atoms with Gasteiger partial charge in [-0.15, -0.1) is 21.5 Å². The Morgan fingerprint density at radius 2 is 2.12 bits per heavy atom. The minimum absolute atomic E-state index is 0.183. The summed E-state index contributed by atoms with van der Waals surface area (Å²) in [6.45, 7) is 3.98. The highest BCUT2D eigenvalue weighted by Gasteiger charge is 2.18. The van der Waals surface area contributed by atoms with Crippen LogP contribution >= 0.6 is 11.3 Å². The van der Waals surface area contributed by atoms with Crippen LogP contribution in [-0.4, -0.2) is 25.5 Å². The highest BCUT2D eigenvalue weighted by molar-refractivity contribution is 7.17. The predicted octanol–water partition coefficient (Wildman–Crippen LogP) is 2.99. The second kappa shape index (κ2) is 6.14. The van der Waals surface area contributed by atoms with Crippen molar-refractivity contribution in [1.29, 1.82) is 0 Å². The molecule has 4 rings (SSSR count). The molecule has 0 saturated heterocycles. The maximum atomic E-state index is 12.5. The number of carbonyl (C=O) groups is 1. The summed E-state index contributed by atoms with van der Waals surface area (Å²) in [6.07, 6.45) is 1.87. The Bertz CT molecular complexity index is 1060. The van der Waals surface area contributed by atoms with Gasteiger partial charge in [0.15, 0.2) is 22.2 Å². The van der Waals surface area contributed by atoms with Gasteiger partial charge in [0.1, 0.15) is 10.6 Å². The van der Waals surface area contributed by atoms with Gasteiger partial charge in [0, 0.05) is 6.20 Å². The lowest BCUT2D eigenvalue weighted by molar-refractivity contribution is 0.0953. The zero-order valence-corrected chi connectivity index (χ0v) is 14.5. The third-order valence-corrected chi connectivity index (χ3v) is 4.92. The normalized spacial score (nSPS) is 11.1. The lowest BCUT2D eigenvalue weighted by atomic mass is 10.3. The van der Waals surface area contributed by atoms with E-state index in [1.54, 1.807) is 0 Å². The third-order valence-electron chi connectivity index (χ3n) is 3.75. The van der Waals surface area contributed by atoms with Gasteiger partial charge < -0.3 is 9.73 Å². The van der Waals surface area contributed by atoms with Gasteiger partial charge in [-0.2, -0.15) is 0 Å². The lowest BCUT2D eigenvalue weighted by Crippen LogP contribution is -2.23. The van der Waals surface area contributed by atoms with E-state index in [2.05, 4.69) is 20.5 Å². The molecule has 0 aromatic carbocycles. The van der Waals surface area contributed by atoms with Crippen molar-refractivity contribution in [2.45, 2.75) is 20.4 Å².